The zero-order chi connectivity index (χ0) is 13.1. The van der Waals surface area contributed by atoms with Gasteiger partial charge in [-0.3, -0.25) is 4.79 Å². The number of hydrogen-bond donors (Lipinski definition) is 0. The molecule has 1 aromatic rings. The van der Waals surface area contributed by atoms with E-state index in [1.54, 1.807) is 7.11 Å². The van der Waals surface area contributed by atoms with Gasteiger partial charge in [-0.2, -0.15) is 0 Å². The first-order valence-electron chi connectivity index (χ1n) is 5.67. The Bertz CT molecular complexity index is 467. The van der Waals surface area contributed by atoms with Crippen LogP contribution >= 0.6 is 0 Å². The number of methoxy groups -OCH3 is 2. The summed E-state index contributed by atoms with van der Waals surface area (Å²) in [5, 5.41) is 0. The fourth-order valence-corrected chi connectivity index (χ4v) is 2.19. The smallest absolute Gasteiger partial charge is 0.188 e. The SMILES string of the molecule is COCOc1c(C)c2c(c(C=O)c1OC)OCC2. The molecule has 0 radical (unpaired) electrons. The third-order valence-corrected chi connectivity index (χ3v) is 3.00. The summed E-state index contributed by atoms with van der Waals surface area (Å²) in [6.07, 6.45) is 1.51. The second-order valence-electron chi connectivity index (χ2n) is 3.98. The zero-order valence-corrected chi connectivity index (χ0v) is 10.7. The summed E-state index contributed by atoms with van der Waals surface area (Å²) in [6, 6.07) is 0. The fraction of sp³-hybridized carbons (Fsp3) is 0.462. The van der Waals surface area contributed by atoms with Crippen molar-refractivity contribution in [3.05, 3.63) is 16.7 Å². The minimum absolute atomic E-state index is 0.106. The highest BCUT2D eigenvalue weighted by atomic mass is 16.7. The molecule has 98 valence electrons. The first-order chi connectivity index (χ1) is 8.74. The Labute approximate surface area is 106 Å². The predicted octanol–water partition coefficient (Wildman–Crippen LogP) is 1.73. The molecule has 1 aliphatic rings. The van der Waals surface area contributed by atoms with E-state index in [-0.39, 0.29) is 6.79 Å². The van der Waals surface area contributed by atoms with Gasteiger partial charge in [0.05, 0.1) is 13.7 Å². The molecule has 1 aromatic carbocycles. The van der Waals surface area contributed by atoms with Crippen LogP contribution in [0.25, 0.3) is 0 Å². The number of fused-ring (bicyclic) bond motifs is 1. The molecule has 0 fully saturated rings. The van der Waals surface area contributed by atoms with Crippen molar-refractivity contribution in [2.75, 3.05) is 27.6 Å². The standard InChI is InChI=1S/C13H16O5/c1-8-9-4-5-17-12(9)10(6-14)13(16-3)11(8)18-7-15-2/h6H,4-5,7H2,1-3H3. The molecule has 18 heavy (non-hydrogen) atoms. The van der Waals surface area contributed by atoms with E-state index in [0.717, 1.165) is 23.8 Å². The predicted molar refractivity (Wildman–Crippen MR) is 64.8 cm³/mol. The number of benzene rings is 1. The quantitative estimate of drug-likeness (QED) is 0.590. The summed E-state index contributed by atoms with van der Waals surface area (Å²) in [4.78, 5) is 11.2. The molecule has 0 unspecified atom stereocenters. The molecule has 0 aliphatic carbocycles. The van der Waals surface area contributed by atoms with Gasteiger partial charge < -0.3 is 18.9 Å². The zero-order valence-electron chi connectivity index (χ0n) is 10.7. The highest BCUT2D eigenvalue weighted by molar-refractivity contribution is 5.88. The van der Waals surface area contributed by atoms with E-state index < -0.39 is 0 Å². The van der Waals surface area contributed by atoms with Gasteiger partial charge in [0.15, 0.2) is 24.6 Å². The van der Waals surface area contributed by atoms with Crippen LogP contribution in [0.3, 0.4) is 0 Å². The third kappa shape index (κ3) is 1.90. The third-order valence-electron chi connectivity index (χ3n) is 3.00. The Hall–Kier alpha value is -1.75. The van der Waals surface area contributed by atoms with Crippen LogP contribution in [-0.2, 0) is 11.2 Å². The van der Waals surface area contributed by atoms with E-state index in [1.165, 1.54) is 7.11 Å². The lowest BCUT2D eigenvalue weighted by Crippen LogP contribution is -2.06. The molecule has 1 heterocycles. The largest absolute Gasteiger partial charge is 0.492 e. The lowest BCUT2D eigenvalue weighted by Gasteiger charge is -2.17. The van der Waals surface area contributed by atoms with Crippen LogP contribution in [0.4, 0.5) is 0 Å². The molecule has 0 spiro atoms. The Kier molecular flexibility index (Phi) is 3.72. The average Bonchev–Trinajstić information content (AvgIpc) is 2.86. The van der Waals surface area contributed by atoms with Crippen LogP contribution in [0.2, 0.25) is 0 Å². The molecule has 0 aromatic heterocycles. The number of rotatable bonds is 5. The molecular weight excluding hydrogens is 236 g/mol. The topological polar surface area (TPSA) is 54.0 Å². The molecule has 0 saturated heterocycles. The van der Waals surface area contributed by atoms with Gasteiger partial charge >= 0.3 is 0 Å². The highest BCUT2D eigenvalue weighted by Gasteiger charge is 2.27. The van der Waals surface area contributed by atoms with Gasteiger partial charge in [-0.25, -0.2) is 0 Å². The number of carbonyl (C=O) groups is 1. The maximum absolute atomic E-state index is 11.2. The molecule has 5 heteroatoms. The van der Waals surface area contributed by atoms with Crippen LogP contribution in [0.5, 0.6) is 17.2 Å². The van der Waals surface area contributed by atoms with Gasteiger partial charge in [-0.05, 0) is 6.92 Å². The molecule has 0 saturated carbocycles. The minimum Gasteiger partial charge on any atom is -0.492 e. The molecule has 0 N–H and O–H groups in total. The number of hydrogen-bond acceptors (Lipinski definition) is 5. The van der Waals surface area contributed by atoms with Gasteiger partial charge in [0, 0.05) is 24.7 Å². The van der Waals surface area contributed by atoms with Crippen LogP contribution in [0, 0.1) is 6.92 Å². The van der Waals surface area contributed by atoms with Crippen molar-refractivity contribution in [2.24, 2.45) is 0 Å². The summed E-state index contributed by atoms with van der Waals surface area (Å²) in [7, 11) is 3.04. The van der Waals surface area contributed by atoms with Crippen molar-refractivity contribution in [3.63, 3.8) is 0 Å². The van der Waals surface area contributed by atoms with Gasteiger partial charge in [0.2, 0.25) is 0 Å². The average molecular weight is 252 g/mol. The molecule has 0 amide bonds. The van der Waals surface area contributed by atoms with Crippen molar-refractivity contribution < 1.29 is 23.7 Å². The van der Waals surface area contributed by atoms with Crippen LogP contribution in [0.1, 0.15) is 21.5 Å². The number of ether oxygens (including phenoxy) is 4. The van der Waals surface area contributed by atoms with Crippen LogP contribution in [0.15, 0.2) is 0 Å². The monoisotopic (exact) mass is 252 g/mol. The molecular formula is C13H16O5. The first-order valence-corrected chi connectivity index (χ1v) is 5.67. The lowest BCUT2D eigenvalue weighted by atomic mass is 10.0. The van der Waals surface area contributed by atoms with Crippen molar-refractivity contribution in [1.82, 2.24) is 0 Å². The van der Waals surface area contributed by atoms with Gasteiger partial charge in [-0.15, -0.1) is 0 Å². The molecule has 2 rings (SSSR count). The first kappa shape index (κ1) is 12.7. The Morgan fingerprint density at radius 3 is 2.72 bits per heavy atom. The lowest BCUT2D eigenvalue weighted by molar-refractivity contribution is 0.0484. The van der Waals surface area contributed by atoms with E-state index in [1.807, 2.05) is 6.92 Å². The number of carbonyl (C=O) groups excluding carboxylic acids is 1. The Morgan fingerprint density at radius 1 is 1.33 bits per heavy atom. The summed E-state index contributed by atoms with van der Waals surface area (Å²) >= 11 is 0. The summed E-state index contributed by atoms with van der Waals surface area (Å²) in [5.41, 5.74) is 2.34. The normalized spacial score (nSPS) is 12.8. The molecule has 0 atom stereocenters. The highest BCUT2D eigenvalue weighted by Crippen LogP contribution is 2.45. The van der Waals surface area contributed by atoms with Crippen molar-refractivity contribution in [1.29, 1.82) is 0 Å². The summed E-state index contributed by atoms with van der Waals surface area (Å²) < 4.78 is 21.2. The fourth-order valence-electron chi connectivity index (χ4n) is 2.19. The second-order valence-corrected chi connectivity index (χ2v) is 3.98. The summed E-state index contributed by atoms with van der Waals surface area (Å²) in [5.74, 6) is 1.56. The Balaban J connectivity index is 2.60. The number of aldehydes is 1. The van der Waals surface area contributed by atoms with Crippen molar-refractivity contribution in [3.8, 4) is 17.2 Å². The molecule has 0 bridgehead atoms. The van der Waals surface area contributed by atoms with Crippen molar-refractivity contribution >= 4 is 6.29 Å². The van der Waals surface area contributed by atoms with Gasteiger partial charge in [0.1, 0.15) is 11.3 Å². The van der Waals surface area contributed by atoms with E-state index >= 15 is 0 Å². The van der Waals surface area contributed by atoms with Crippen LogP contribution in [-0.4, -0.2) is 33.9 Å². The maximum Gasteiger partial charge on any atom is 0.188 e. The van der Waals surface area contributed by atoms with Gasteiger partial charge in [-0.1, -0.05) is 0 Å². The maximum atomic E-state index is 11.2. The Morgan fingerprint density at radius 2 is 2.11 bits per heavy atom. The van der Waals surface area contributed by atoms with E-state index in [2.05, 4.69) is 0 Å². The second kappa shape index (κ2) is 5.27. The summed E-state index contributed by atoms with van der Waals surface area (Å²) in [6.45, 7) is 2.61. The van der Waals surface area contributed by atoms with Crippen molar-refractivity contribution in [2.45, 2.75) is 13.3 Å². The van der Waals surface area contributed by atoms with E-state index in [0.29, 0.717) is 29.4 Å². The van der Waals surface area contributed by atoms with E-state index in [4.69, 9.17) is 18.9 Å². The minimum atomic E-state index is 0.106. The van der Waals surface area contributed by atoms with Crippen LogP contribution < -0.4 is 14.2 Å². The van der Waals surface area contributed by atoms with Gasteiger partial charge in [0.25, 0.3) is 0 Å². The molecule has 1 aliphatic heterocycles. The molecule has 5 nitrogen and oxygen atoms in total. The van der Waals surface area contributed by atoms with E-state index in [9.17, 15) is 4.79 Å².